The van der Waals surface area contributed by atoms with Gasteiger partial charge in [0.1, 0.15) is 0 Å². The maximum atomic E-state index is 12.2. The summed E-state index contributed by atoms with van der Waals surface area (Å²) in [4.78, 5) is 26.2. The molecule has 0 unspecified atom stereocenters. The fraction of sp³-hybridized carbons (Fsp3) is 0.857. The van der Waals surface area contributed by atoms with Gasteiger partial charge in [0.25, 0.3) is 0 Å². The molecule has 0 atom stereocenters. The van der Waals surface area contributed by atoms with Gasteiger partial charge in [-0.25, -0.2) is 4.79 Å². The van der Waals surface area contributed by atoms with Gasteiger partial charge >= 0.3 is 12.0 Å². The number of rotatable bonds is 5. The molecule has 1 saturated carbocycles. The number of carbonyl (C=O) groups is 2. The largest absolute Gasteiger partial charge is 0.481 e. The molecule has 0 aromatic heterocycles. The van der Waals surface area contributed by atoms with E-state index in [0.717, 1.165) is 12.8 Å². The Kier molecular flexibility index (Phi) is 6.67. The molecule has 0 aromatic carbocycles. The minimum Gasteiger partial charge on any atom is -0.481 e. The third-order valence-electron chi connectivity index (χ3n) is 3.88. The minimum absolute atomic E-state index is 0.0114. The van der Waals surface area contributed by atoms with E-state index in [4.69, 9.17) is 5.11 Å². The second-order valence-corrected chi connectivity index (χ2v) is 5.46. The predicted molar refractivity (Wildman–Crippen MR) is 74.1 cm³/mol. The van der Waals surface area contributed by atoms with Crippen molar-refractivity contribution in [2.45, 2.75) is 57.4 Å². The van der Waals surface area contributed by atoms with Crippen molar-refractivity contribution in [3.8, 4) is 0 Å². The molecule has 5 heteroatoms. The lowest BCUT2D eigenvalue weighted by molar-refractivity contribution is -0.137. The van der Waals surface area contributed by atoms with Gasteiger partial charge in [0.05, 0.1) is 0 Å². The van der Waals surface area contributed by atoms with Crippen molar-refractivity contribution in [2.75, 3.05) is 20.6 Å². The number of carboxylic acids is 1. The fourth-order valence-corrected chi connectivity index (χ4v) is 2.63. The predicted octanol–water partition coefficient (Wildman–Crippen LogP) is 2.56. The van der Waals surface area contributed by atoms with E-state index < -0.39 is 5.97 Å². The second-order valence-electron chi connectivity index (χ2n) is 5.46. The Bertz CT molecular complexity index is 299. The molecule has 0 radical (unpaired) electrons. The van der Waals surface area contributed by atoms with Gasteiger partial charge in [0, 0.05) is 33.1 Å². The topological polar surface area (TPSA) is 60.9 Å². The number of carbonyl (C=O) groups excluding carboxylic acids is 1. The van der Waals surface area contributed by atoms with Crippen LogP contribution in [0.15, 0.2) is 0 Å². The van der Waals surface area contributed by atoms with Gasteiger partial charge < -0.3 is 14.9 Å². The summed E-state index contributed by atoms with van der Waals surface area (Å²) in [5.41, 5.74) is 0. The molecule has 0 spiro atoms. The normalized spacial score (nSPS) is 16.7. The molecule has 0 heterocycles. The molecular formula is C14H26N2O3. The zero-order valence-corrected chi connectivity index (χ0v) is 12.1. The Balaban J connectivity index is 2.38. The molecule has 1 aliphatic carbocycles. The summed E-state index contributed by atoms with van der Waals surface area (Å²) in [5.74, 6) is -0.807. The quantitative estimate of drug-likeness (QED) is 0.781. The molecule has 0 aliphatic heterocycles. The van der Waals surface area contributed by atoms with Crippen molar-refractivity contribution < 1.29 is 14.7 Å². The fourth-order valence-electron chi connectivity index (χ4n) is 2.63. The Morgan fingerprint density at radius 2 is 1.68 bits per heavy atom. The molecule has 110 valence electrons. The molecule has 1 N–H and O–H groups in total. The van der Waals surface area contributed by atoms with Gasteiger partial charge in [-0.15, -0.1) is 0 Å². The van der Waals surface area contributed by atoms with Crippen molar-refractivity contribution in [3.05, 3.63) is 0 Å². The monoisotopic (exact) mass is 270 g/mol. The van der Waals surface area contributed by atoms with Crippen LogP contribution in [-0.2, 0) is 4.79 Å². The first kappa shape index (κ1) is 15.8. The van der Waals surface area contributed by atoms with Crippen LogP contribution in [0.2, 0.25) is 0 Å². The van der Waals surface area contributed by atoms with E-state index in [1.807, 2.05) is 11.9 Å². The van der Waals surface area contributed by atoms with E-state index in [-0.39, 0.29) is 12.5 Å². The second kappa shape index (κ2) is 8.02. The first-order valence-electron chi connectivity index (χ1n) is 7.22. The highest BCUT2D eigenvalue weighted by molar-refractivity contribution is 5.74. The van der Waals surface area contributed by atoms with Crippen LogP contribution in [0.4, 0.5) is 4.79 Å². The van der Waals surface area contributed by atoms with Gasteiger partial charge in [0.2, 0.25) is 0 Å². The molecule has 19 heavy (non-hydrogen) atoms. The first-order chi connectivity index (χ1) is 9.02. The Hall–Kier alpha value is -1.26. The van der Waals surface area contributed by atoms with Gasteiger partial charge in [-0.05, 0) is 19.3 Å². The number of carboxylic acid groups (broad SMARTS) is 1. The van der Waals surface area contributed by atoms with Crippen LogP contribution in [-0.4, -0.2) is 53.6 Å². The summed E-state index contributed by atoms with van der Waals surface area (Å²) in [5, 5.41) is 8.60. The van der Waals surface area contributed by atoms with Crippen LogP contribution in [0.25, 0.3) is 0 Å². The van der Waals surface area contributed by atoms with Crippen LogP contribution in [0, 0.1) is 0 Å². The van der Waals surface area contributed by atoms with E-state index >= 15 is 0 Å². The van der Waals surface area contributed by atoms with Gasteiger partial charge in [-0.2, -0.15) is 0 Å². The number of hydrogen-bond donors (Lipinski definition) is 1. The van der Waals surface area contributed by atoms with E-state index in [0.29, 0.717) is 19.0 Å². The number of nitrogens with zero attached hydrogens (tertiary/aromatic N) is 2. The summed E-state index contributed by atoms with van der Waals surface area (Å²) in [7, 11) is 3.61. The maximum Gasteiger partial charge on any atom is 0.319 e. The van der Waals surface area contributed by atoms with Crippen molar-refractivity contribution in [1.82, 2.24) is 9.80 Å². The summed E-state index contributed by atoms with van der Waals surface area (Å²) in [6, 6.07) is 0.356. The number of aliphatic carboxylic acids is 1. The maximum absolute atomic E-state index is 12.2. The molecular weight excluding hydrogens is 244 g/mol. The summed E-state index contributed by atoms with van der Waals surface area (Å²) in [6.07, 6.45) is 7.74. The highest BCUT2D eigenvalue weighted by atomic mass is 16.4. The molecule has 1 aliphatic rings. The van der Waals surface area contributed by atoms with Crippen LogP contribution < -0.4 is 0 Å². The van der Waals surface area contributed by atoms with E-state index in [9.17, 15) is 9.59 Å². The van der Waals surface area contributed by atoms with Crippen LogP contribution in [0.5, 0.6) is 0 Å². The van der Waals surface area contributed by atoms with Crippen molar-refractivity contribution >= 4 is 12.0 Å². The zero-order chi connectivity index (χ0) is 14.3. The molecule has 0 saturated heterocycles. The smallest absolute Gasteiger partial charge is 0.319 e. The summed E-state index contributed by atoms with van der Waals surface area (Å²) >= 11 is 0. The van der Waals surface area contributed by atoms with Crippen molar-refractivity contribution in [3.63, 3.8) is 0 Å². The molecule has 1 rings (SSSR count). The number of amides is 2. The lowest BCUT2D eigenvalue weighted by Crippen LogP contribution is -2.44. The lowest BCUT2D eigenvalue weighted by atomic mass is 10.1. The first-order valence-corrected chi connectivity index (χ1v) is 7.22. The van der Waals surface area contributed by atoms with Crippen molar-refractivity contribution in [2.24, 2.45) is 0 Å². The van der Waals surface area contributed by atoms with E-state index in [1.54, 1.807) is 11.9 Å². The minimum atomic E-state index is -0.807. The van der Waals surface area contributed by atoms with Crippen molar-refractivity contribution in [1.29, 1.82) is 0 Å². The third-order valence-corrected chi connectivity index (χ3v) is 3.88. The average Bonchev–Trinajstić information content (AvgIpc) is 2.65. The highest BCUT2D eigenvalue weighted by Gasteiger charge is 2.23. The number of urea groups is 1. The Morgan fingerprint density at radius 1 is 1.11 bits per heavy atom. The molecule has 0 bridgehead atoms. The Labute approximate surface area is 115 Å². The van der Waals surface area contributed by atoms with E-state index in [2.05, 4.69) is 0 Å². The zero-order valence-electron chi connectivity index (χ0n) is 12.1. The van der Waals surface area contributed by atoms with Crippen LogP contribution in [0.1, 0.15) is 51.4 Å². The molecule has 2 amide bonds. The van der Waals surface area contributed by atoms with Gasteiger partial charge in [0.15, 0.2) is 0 Å². The lowest BCUT2D eigenvalue weighted by Gasteiger charge is -2.31. The van der Waals surface area contributed by atoms with Gasteiger partial charge in [-0.1, -0.05) is 25.7 Å². The third kappa shape index (κ3) is 5.49. The highest BCUT2D eigenvalue weighted by Crippen LogP contribution is 2.21. The summed E-state index contributed by atoms with van der Waals surface area (Å²) < 4.78 is 0. The molecule has 0 aromatic rings. The Morgan fingerprint density at radius 3 is 2.21 bits per heavy atom. The SMILES string of the molecule is CN(CCCC(=O)O)C(=O)N(C)C1CCCCCC1. The van der Waals surface area contributed by atoms with Gasteiger partial charge in [-0.3, -0.25) is 4.79 Å². The average molecular weight is 270 g/mol. The standard InChI is InChI=1S/C14H26N2O3/c1-15(11-7-10-13(17)18)14(19)16(2)12-8-5-3-4-6-9-12/h12H,3-11H2,1-2H3,(H,17,18). The van der Waals surface area contributed by atoms with Crippen LogP contribution >= 0.6 is 0 Å². The molecule has 5 nitrogen and oxygen atoms in total. The molecule has 1 fully saturated rings. The van der Waals surface area contributed by atoms with E-state index in [1.165, 1.54) is 25.7 Å². The number of hydrogen-bond acceptors (Lipinski definition) is 2. The van der Waals surface area contributed by atoms with Crippen LogP contribution in [0.3, 0.4) is 0 Å². The summed E-state index contributed by atoms with van der Waals surface area (Å²) in [6.45, 7) is 0.502.